The number of hydrogen-bond donors (Lipinski definition) is 1. The minimum absolute atomic E-state index is 0.680. The van der Waals surface area contributed by atoms with Gasteiger partial charge < -0.3 is 14.8 Å². The lowest BCUT2D eigenvalue weighted by atomic mass is 10.4. The highest BCUT2D eigenvalue weighted by molar-refractivity contribution is 4.94. The molecule has 0 aromatic rings. The van der Waals surface area contributed by atoms with E-state index in [2.05, 4.69) is 17.2 Å². The van der Waals surface area contributed by atoms with Gasteiger partial charge in [-0.3, -0.25) is 0 Å². The third-order valence-electron chi connectivity index (χ3n) is 1.68. The number of hydrogen-bond acceptors (Lipinski definition) is 3. The van der Waals surface area contributed by atoms with Gasteiger partial charge in [0.15, 0.2) is 0 Å². The molecule has 14 heavy (non-hydrogen) atoms. The van der Waals surface area contributed by atoms with Gasteiger partial charge in [-0.25, -0.2) is 0 Å². The zero-order valence-electron chi connectivity index (χ0n) is 9.27. The highest BCUT2D eigenvalue weighted by Crippen LogP contribution is 1.82. The van der Waals surface area contributed by atoms with Crippen LogP contribution in [0.2, 0.25) is 0 Å². The first kappa shape index (κ1) is 13.4. The van der Waals surface area contributed by atoms with Gasteiger partial charge in [-0.05, 0) is 19.9 Å². The maximum absolute atomic E-state index is 5.31. The molecule has 0 aliphatic carbocycles. The maximum Gasteiger partial charge on any atom is 0.0700 e. The van der Waals surface area contributed by atoms with Gasteiger partial charge in [-0.1, -0.05) is 0 Å². The van der Waals surface area contributed by atoms with Crippen LogP contribution in [0.4, 0.5) is 0 Å². The molecule has 0 saturated carbocycles. The van der Waals surface area contributed by atoms with E-state index in [0.29, 0.717) is 13.2 Å². The van der Waals surface area contributed by atoms with Gasteiger partial charge in [0.1, 0.15) is 0 Å². The smallest absolute Gasteiger partial charge is 0.0700 e. The average molecular weight is 199 g/mol. The molecule has 0 radical (unpaired) electrons. The van der Waals surface area contributed by atoms with Crippen molar-refractivity contribution in [3.05, 3.63) is 0 Å². The summed E-state index contributed by atoms with van der Waals surface area (Å²) in [7, 11) is 1.68. The van der Waals surface area contributed by atoms with E-state index >= 15 is 0 Å². The largest absolute Gasteiger partial charge is 0.382 e. The van der Waals surface area contributed by atoms with E-state index in [-0.39, 0.29) is 0 Å². The van der Waals surface area contributed by atoms with Crippen molar-refractivity contribution in [1.82, 2.24) is 5.32 Å². The molecule has 0 aromatic carbocycles. The van der Waals surface area contributed by atoms with Crippen LogP contribution in [0, 0.1) is 11.8 Å². The molecule has 0 aliphatic rings. The zero-order chi connectivity index (χ0) is 10.5. The summed E-state index contributed by atoms with van der Waals surface area (Å²) in [6, 6.07) is 0. The summed E-state index contributed by atoms with van der Waals surface area (Å²) in [4.78, 5) is 0. The molecular formula is C11H21NO2. The van der Waals surface area contributed by atoms with E-state index in [0.717, 1.165) is 32.5 Å². The summed E-state index contributed by atoms with van der Waals surface area (Å²) < 4.78 is 10.2. The van der Waals surface area contributed by atoms with E-state index in [1.807, 2.05) is 6.92 Å². The van der Waals surface area contributed by atoms with Crippen molar-refractivity contribution in [3.8, 4) is 11.8 Å². The fourth-order valence-corrected chi connectivity index (χ4v) is 0.944. The Morgan fingerprint density at radius 3 is 2.71 bits per heavy atom. The van der Waals surface area contributed by atoms with Gasteiger partial charge in [-0.15, -0.1) is 11.8 Å². The van der Waals surface area contributed by atoms with Crippen molar-refractivity contribution in [2.24, 2.45) is 0 Å². The Labute approximate surface area is 87.2 Å². The summed E-state index contributed by atoms with van der Waals surface area (Å²) >= 11 is 0. The molecule has 82 valence electrons. The van der Waals surface area contributed by atoms with E-state index in [1.54, 1.807) is 7.11 Å². The molecule has 0 aromatic heterocycles. The molecule has 0 amide bonds. The van der Waals surface area contributed by atoms with Crippen LogP contribution in [0.1, 0.15) is 19.8 Å². The summed E-state index contributed by atoms with van der Waals surface area (Å²) in [5, 5.41) is 3.30. The normalized spacial score (nSPS) is 9.57. The molecular weight excluding hydrogens is 178 g/mol. The zero-order valence-corrected chi connectivity index (χ0v) is 9.27. The number of methoxy groups -OCH3 is 1. The number of ether oxygens (including phenoxy) is 2. The Morgan fingerprint density at radius 2 is 2.00 bits per heavy atom. The van der Waals surface area contributed by atoms with Crippen molar-refractivity contribution in [3.63, 3.8) is 0 Å². The molecule has 0 atom stereocenters. The van der Waals surface area contributed by atoms with E-state index < -0.39 is 0 Å². The Morgan fingerprint density at radius 1 is 1.14 bits per heavy atom. The number of nitrogens with one attached hydrogen (secondary N) is 1. The lowest BCUT2D eigenvalue weighted by molar-refractivity contribution is 0.0695. The van der Waals surface area contributed by atoms with Crippen molar-refractivity contribution in [2.75, 3.05) is 40.0 Å². The standard InChI is InChI=1S/C11H21NO2/c1-3-4-5-7-12-8-6-9-14-11-10-13-2/h12H,5-11H2,1-2H3. The summed E-state index contributed by atoms with van der Waals surface area (Å²) in [5.74, 6) is 5.87. The molecule has 3 nitrogen and oxygen atoms in total. The van der Waals surface area contributed by atoms with Gasteiger partial charge >= 0.3 is 0 Å². The molecule has 0 spiro atoms. The van der Waals surface area contributed by atoms with Crippen LogP contribution in [0.3, 0.4) is 0 Å². The quantitative estimate of drug-likeness (QED) is 0.444. The van der Waals surface area contributed by atoms with Crippen LogP contribution >= 0.6 is 0 Å². The van der Waals surface area contributed by atoms with Crippen molar-refractivity contribution in [2.45, 2.75) is 19.8 Å². The first-order chi connectivity index (χ1) is 6.91. The maximum atomic E-state index is 5.31. The third-order valence-corrected chi connectivity index (χ3v) is 1.68. The lowest BCUT2D eigenvalue weighted by Gasteiger charge is -2.04. The minimum Gasteiger partial charge on any atom is -0.382 e. The minimum atomic E-state index is 0.680. The van der Waals surface area contributed by atoms with Gasteiger partial charge in [0, 0.05) is 26.7 Å². The highest BCUT2D eigenvalue weighted by atomic mass is 16.5. The molecule has 0 heterocycles. The molecule has 0 rings (SSSR count). The van der Waals surface area contributed by atoms with Crippen LogP contribution in [0.5, 0.6) is 0 Å². The second-order valence-corrected chi connectivity index (χ2v) is 2.89. The van der Waals surface area contributed by atoms with Crippen LogP contribution in [0.25, 0.3) is 0 Å². The summed E-state index contributed by atoms with van der Waals surface area (Å²) in [6.45, 7) is 6.01. The van der Waals surface area contributed by atoms with Crippen LogP contribution in [-0.4, -0.2) is 40.0 Å². The first-order valence-electron chi connectivity index (χ1n) is 5.08. The third kappa shape index (κ3) is 11.4. The summed E-state index contributed by atoms with van der Waals surface area (Å²) in [5.41, 5.74) is 0. The average Bonchev–Trinajstić information content (AvgIpc) is 2.21. The van der Waals surface area contributed by atoms with E-state index in [4.69, 9.17) is 9.47 Å². The molecule has 0 saturated heterocycles. The molecule has 0 fully saturated rings. The van der Waals surface area contributed by atoms with Crippen LogP contribution in [-0.2, 0) is 9.47 Å². The molecule has 1 N–H and O–H groups in total. The van der Waals surface area contributed by atoms with Crippen LogP contribution in [0.15, 0.2) is 0 Å². The molecule has 3 heteroatoms. The lowest BCUT2D eigenvalue weighted by Crippen LogP contribution is -2.18. The van der Waals surface area contributed by atoms with Crippen molar-refractivity contribution in [1.29, 1.82) is 0 Å². The Bertz CT molecular complexity index is 160. The first-order valence-corrected chi connectivity index (χ1v) is 5.08. The van der Waals surface area contributed by atoms with E-state index in [9.17, 15) is 0 Å². The Hall–Kier alpha value is -0.560. The second kappa shape index (κ2) is 12.4. The predicted octanol–water partition coefficient (Wildman–Crippen LogP) is 1.04. The van der Waals surface area contributed by atoms with E-state index in [1.165, 1.54) is 0 Å². The van der Waals surface area contributed by atoms with Crippen molar-refractivity contribution >= 4 is 0 Å². The summed E-state index contributed by atoms with van der Waals surface area (Å²) in [6.07, 6.45) is 1.98. The fraction of sp³-hybridized carbons (Fsp3) is 0.818. The van der Waals surface area contributed by atoms with Gasteiger partial charge in [0.05, 0.1) is 13.2 Å². The Balaban J connectivity index is 2.87. The second-order valence-electron chi connectivity index (χ2n) is 2.89. The van der Waals surface area contributed by atoms with Gasteiger partial charge in [0.2, 0.25) is 0 Å². The van der Waals surface area contributed by atoms with Crippen molar-refractivity contribution < 1.29 is 9.47 Å². The van der Waals surface area contributed by atoms with Gasteiger partial charge in [0.25, 0.3) is 0 Å². The molecule has 0 unspecified atom stereocenters. The topological polar surface area (TPSA) is 30.5 Å². The monoisotopic (exact) mass is 199 g/mol. The SMILES string of the molecule is CC#CCCNCCCOCCOC. The number of rotatable bonds is 9. The Kier molecular flexibility index (Phi) is 11.9. The van der Waals surface area contributed by atoms with Gasteiger partial charge in [-0.2, -0.15) is 0 Å². The van der Waals surface area contributed by atoms with Crippen LogP contribution < -0.4 is 5.32 Å². The predicted molar refractivity (Wildman–Crippen MR) is 58.2 cm³/mol. The molecule has 0 aliphatic heterocycles. The highest BCUT2D eigenvalue weighted by Gasteiger charge is 1.88. The fourth-order valence-electron chi connectivity index (χ4n) is 0.944. The molecule has 0 bridgehead atoms.